The third kappa shape index (κ3) is 4.14. The van der Waals surface area contributed by atoms with Gasteiger partial charge in [-0.1, -0.05) is 18.0 Å². The fourth-order valence-corrected chi connectivity index (χ4v) is 2.75. The standard InChI is InChI=1S/C14H20ClFN2/c1-10(6-13-4-2-3-5-17-13)18-14-8-11(15)7-12(16)9-14/h7-10,13,17-18H,2-6H2,1H3. The van der Waals surface area contributed by atoms with Gasteiger partial charge in [0.05, 0.1) is 0 Å². The van der Waals surface area contributed by atoms with E-state index in [-0.39, 0.29) is 5.82 Å². The summed E-state index contributed by atoms with van der Waals surface area (Å²) in [6.07, 6.45) is 4.86. The predicted molar refractivity (Wildman–Crippen MR) is 74.8 cm³/mol. The maximum atomic E-state index is 13.2. The van der Waals surface area contributed by atoms with Crippen molar-refractivity contribution >= 4 is 17.3 Å². The van der Waals surface area contributed by atoms with E-state index in [1.165, 1.54) is 31.4 Å². The summed E-state index contributed by atoms with van der Waals surface area (Å²) in [5, 5.41) is 7.26. The monoisotopic (exact) mass is 270 g/mol. The van der Waals surface area contributed by atoms with Crippen LogP contribution in [0.5, 0.6) is 0 Å². The Morgan fingerprint density at radius 1 is 1.44 bits per heavy atom. The molecule has 1 heterocycles. The Labute approximate surface area is 113 Å². The molecule has 1 aromatic rings. The Bertz CT molecular complexity index is 371. The summed E-state index contributed by atoms with van der Waals surface area (Å²) < 4.78 is 13.2. The van der Waals surface area contributed by atoms with Crippen molar-refractivity contribution < 1.29 is 4.39 Å². The lowest BCUT2D eigenvalue weighted by molar-refractivity contribution is 0.371. The van der Waals surface area contributed by atoms with Gasteiger partial charge in [0, 0.05) is 22.8 Å². The molecular weight excluding hydrogens is 251 g/mol. The second kappa shape index (κ2) is 6.39. The van der Waals surface area contributed by atoms with Crippen molar-refractivity contribution in [1.29, 1.82) is 0 Å². The van der Waals surface area contributed by atoms with Crippen LogP contribution in [0.25, 0.3) is 0 Å². The van der Waals surface area contributed by atoms with Gasteiger partial charge in [0.2, 0.25) is 0 Å². The Morgan fingerprint density at radius 2 is 2.28 bits per heavy atom. The van der Waals surface area contributed by atoms with Gasteiger partial charge in [0.25, 0.3) is 0 Å². The van der Waals surface area contributed by atoms with E-state index >= 15 is 0 Å². The summed E-state index contributed by atoms with van der Waals surface area (Å²) in [6.45, 7) is 3.23. The van der Waals surface area contributed by atoms with E-state index in [2.05, 4.69) is 17.6 Å². The van der Waals surface area contributed by atoms with E-state index in [1.807, 2.05) is 0 Å². The van der Waals surface area contributed by atoms with Crippen LogP contribution in [-0.2, 0) is 0 Å². The number of halogens is 2. The van der Waals surface area contributed by atoms with Crippen molar-refractivity contribution in [2.24, 2.45) is 0 Å². The van der Waals surface area contributed by atoms with Crippen LogP contribution in [0.1, 0.15) is 32.6 Å². The minimum absolute atomic E-state index is 0.298. The minimum atomic E-state index is -0.298. The molecule has 0 spiro atoms. The molecule has 2 unspecified atom stereocenters. The first kappa shape index (κ1) is 13.6. The number of rotatable bonds is 4. The molecule has 100 valence electrons. The molecule has 2 rings (SSSR count). The highest BCUT2D eigenvalue weighted by atomic mass is 35.5. The summed E-state index contributed by atoms with van der Waals surface area (Å²) in [5.74, 6) is -0.298. The highest BCUT2D eigenvalue weighted by Gasteiger charge is 2.15. The van der Waals surface area contributed by atoms with Gasteiger partial charge < -0.3 is 10.6 Å². The largest absolute Gasteiger partial charge is 0.382 e. The molecule has 0 aromatic heterocycles. The molecule has 2 nitrogen and oxygen atoms in total. The summed E-state index contributed by atoms with van der Waals surface area (Å²) in [6, 6.07) is 5.44. The average molecular weight is 271 g/mol. The number of piperidine rings is 1. The van der Waals surface area contributed by atoms with Crippen LogP contribution in [-0.4, -0.2) is 18.6 Å². The minimum Gasteiger partial charge on any atom is -0.382 e. The van der Waals surface area contributed by atoms with Gasteiger partial charge in [-0.05, 0) is 50.9 Å². The molecule has 1 saturated heterocycles. The van der Waals surface area contributed by atoms with Gasteiger partial charge in [0.15, 0.2) is 0 Å². The molecule has 1 aromatic carbocycles. The van der Waals surface area contributed by atoms with Crippen LogP contribution in [0.3, 0.4) is 0 Å². The molecule has 1 aliphatic heterocycles. The van der Waals surface area contributed by atoms with Crippen LogP contribution < -0.4 is 10.6 Å². The molecular formula is C14H20ClFN2. The van der Waals surface area contributed by atoms with Crippen molar-refractivity contribution in [1.82, 2.24) is 5.32 Å². The van der Waals surface area contributed by atoms with Gasteiger partial charge in [-0.15, -0.1) is 0 Å². The lowest BCUT2D eigenvalue weighted by atomic mass is 9.99. The summed E-state index contributed by atoms with van der Waals surface area (Å²) in [4.78, 5) is 0. The van der Waals surface area contributed by atoms with Crippen molar-refractivity contribution in [3.8, 4) is 0 Å². The normalized spacial score (nSPS) is 21.6. The second-order valence-corrected chi connectivity index (χ2v) is 5.52. The first-order valence-corrected chi connectivity index (χ1v) is 6.97. The number of anilines is 1. The second-order valence-electron chi connectivity index (χ2n) is 5.09. The molecule has 0 bridgehead atoms. The molecule has 1 fully saturated rings. The molecule has 18 heavy (non-hydrogen) atoms. The molecule has 0 aliphatic carbocycles. The number of nitrogens with one attached hydrogen (secondary N) is 2. The van der Waals surface area contributed by atoms with Crippen LogP contribution >= 0.6 is 11.6 Å². The highest BCUT2D eigenvalue weighted by molar-refractivity contribution is 6.30. The summed E-state index contributed by atoms with van der Waals surface area (Å²) >= 11 is 5.83. The maximum Gasteiger partial charge on any atom is 0.126 e. The maximum absolute atomic E-state index is 13.2. The quantitative estimate of drug-likeness (QED) is 0.869. The Morgan fingerprint density at radius 3 is 2.94 bits per heavy atom. The lowest BCUT2D eigenvalue weighted by Gasteiger charge is -2.27. The van der Waals surface area contributed by atoms with E-state index in [9.17, 15) is 4.39 Å². The molecule has 0 radical (unpaired) electrons. The Balaban J connectivity index is 1.87. The average Bonchev–Trinajstić information content (AvgIpc) is 2.28. The van der Waals surface area contributed by atoms with Gasteiger partial charge >= 0.3 is 0 Å². The van der Waals surface area contributed by atoms with Crippen molar-refractivity contribution in [2.45, 2.75) is 44.7 Å². The first-order chi connectivity index (χ1) is 8.63. The Kier molecular flexibility index (Phi) is 4.84. The van der Waals surface area contributed by atoms with Gasteiger partial charge in [-0.25, -0.2) is 4.39 Å². The van der Waals surface area contributed by atoms with Crippen LogP contribution in [0.4, 0.5) is 10.1 Å². The molecule has 4 heteroatoms. The van der Waals surface area contributed by atoms with Crippen molar-refractivity contribution in [3.63, 3.8) is 0 Å². The topological polar surface area (TPSA) is 24.1 Å². The third-order valence-corrected chi connectivity index (χ3v) is 3.54. The van der Waals surface area contributed by atoms with E-state index in [0.29, 0.717) is 17.1 Å². The van der Waals surface area contributed by atoms with Gasteiger partial charge in [-0.3, -0.25) is 0 Å². The van der Waals surface area contributed by atoms with Gasteiger partial charge in [-0.2, -0.15) is 0 Å². The van der Waals surface area contributed by atoms with E-state index in [0.717, 1.165) is 18.7 Å². The fraction of sp³-hybridized carbons (Fsp3) is 0.571. The molecule has 1 aliphatic rings. The smallest absolute Gasteiger partial charge is 0.126 e. The predicted octanol–water partition coefficient (Wildman–Crippen LogP) is 3.81. The van der Waals surface area contributed by atoms with Crippen LogP contribution in [0.2, 0.25) is 5.02 Å². The van der Waals surface area contributed by atoms with Crippen LogP contribution in [0.15, 0.2) is 18.2 Å². The molecule has 2 N–H and O–H groups in total. The number of benzene rings is 1. The number of hydrogen-bond acceptors (Lipinski definition) is 2. The molecule has 2 atom stereocenters. The SMILES string of the molecule is CC(CC1CCCCN1)Nc1cc(F)cc(Cl)c1. The zero-order chi connectivity index (χ0) is 13.0. The fourth-order valence-electron chi connectivity index (χ4n) is 2.53. The van der Waals surface area contributed by atoms with E-state index in [4.69, 9.17) is 11.6 Å². The Hall–Kier alpha value is -0.800. The van der Waals surface area contributed by atoms with Crippen molar-refractivity contribution in [3.05, 3.63) is 29.0 Å². The summed E-state index contributed by atoms with van der Waals surface area (Å²) in [5.41, 5.74) is 0.753. The van der Waals surface area contributed by atoms with E-state index < -0.39 is 0 Å². The zero-order valence-electron chi connectivity index (χ0n) is 10.7. The van der Waals surface area contributed by atoms with E-state index in [1.54, 1.807) is 6.07 Å². The number of hydrogen-bond donors (Lipinski definition) is 2. The van der Waals surface area contributed by atoms with Gasteiger partial charge in [0.1, 0.15) is 5.82 Å². The van der Waals surface area contributed by atoms with Crippen LogP contribution in [0, 0.1) is 5.82 Å². The first-order valence-electron chi connectivity index (χ1n) is 6.59. The molecule has 0 saturated carbocycles. The third-order valence-electron chi connectivity index (χ3n) is 3.33. The van der Waals surface area contributed by atoms with Crippen molar-refractivity contribution in [2.75, 3.05) is 11.9 Å². The lowest BCUT2D eigenvalue weighted by Crippen LogP contribution is -2.37. The molecule has 0 amide bonds. The summed E-state index contributed by atoms with van der Waals surface area (Å²) in [7, 11) is 0. The highest BCUT2D eigenvalue weighted by Crippen LogP contribution is 2.20. The zero-order valence-corrected chi connectivity index (χ0v) is 11.4.